The van der Waals surface area contributed by atoms with Gasteiger partial charge in [0.15, 0.2) is 0 Å². The number of aliphatic hydroxyl groups is 1. The highest BCUT2D eigenvalue weighted by Gasteiger charge is 2.29. The summed E-state index contributed by atoms with van der Waals surface area (Å²) in [5.41, 5.74) is 6.23. The molecule has 3 atom stereocenters. The number of anilines is 1. The molecule has 0 fully saturated rings. The first-order valence-electron chi connectivity index (χ1n) is 9.02. The molecule has 0 spiro atoms. The van der Waals surface area contributed by atoms with Crippen LogP contribution >= 0.6 is 0 Å². The van der Waals surface area contributed by atoms with Gasteiger partial charge >= 0.3 is 0 Å². The van der Waals surface area contributed by atoms with Crippen LogP contribution in [0.4, 0.5) is 10.1 Å². The Morgan fingerprint density at radius 1 is 1.33 bits per heavy atom. The molecule has 9 heteroatoms. The Kier molecular flexibility index (Phi) is 10.5. The van der Waals surface area contributed by atoms with E-state index in [0.717, 1.165) is 0 Å². The predicted molar refractivity (Wildman–Crippen MR) is 106 cm³/mol. The van der Waals surface area contributed by atoms with Crippen LogP contribution in [-0.4, -0.2) is 64.5 Å². The maximum absolute atomic E-state index is 14.4. The van der Waals surface area contributed by atoms with Gasteiger partial charge in [0.05, 0.1) is 18.0 Å². The minimum atomic E-state index is -1.55. The van der Waals surface area contributed by atoms with Gasteiger partial charge in [-0.3, -0.25) is 4.79 Å². The first kappa shape index (κ1) is 23.5. The maximum Gasteiger partial charge on any atom is 0.233 e. The van der Waals surface area contributed by atoms with E-state index in [0.29, 0.717) is 10.6 Å². The lowest BCUT2D eigenvalue weighted by atomic mass is 10.1. The molecule has 154 valence electrons. The molecular weight excluding hydrogens is 371 g/mol. The smallest absolute Gasteiger partial charge is 0.233 e. The van der Waals surface area contributed by atoms with E-state index < -0.39 is 23.2 Å². The standard InChI is InChI=1S/C18H31FN4O3S/c1-13(2)23(27(26)17-6-4-15(20)5-7-17)16(12-24)10-14(19)8-9-22-18(25)11-21-3/h4-7,13-14,16,21,24H,8-12,20H2,1-3H3,(H,22,25). The third-order valence-corrected chi connectivity index (χ3v) is 5.78. The number of nitrogens with one attached hydrogen (secondary N) is 2. The topological polar surface area (TPSA) is 108 Å². The van der Waals surface area contributed by atoms with Gasteiger partial charge in [-0.1, -0.05) is 0 Å². The molecule has 0 saturated heterocycles. The summed E-state index contributed by atoms with van der Waals surface area (Å²) in [7, 11) is 0.109. The average molecular weight is 403 g/mol. The van der Waals surface area contributed by atoms with Crippen LogP contribution in [0.1, 0.15) is 26.7 Å². The molecule has 5 N–H and O–H groups in total. The van der Waals surface area contributed by atoms with Crippen LogP contribution in [0.3, 0.4) is 0 Å². The summed E-state index contributed by atoms with van der Waals surface area (Å²) in [5.74, 6) is -0.198. The Hall–Kier alpha value is -1.55. The van der Waals surface area contributed by atoms with Gasteiger partial charge in [-0.25, -0.2) is 12.9 Å². The number of likely N-dealkylation sites (N-methyl/N-ethyl adjacent to an activating group) is 1. The molecule has 0 bridgehead atoms. The zero-order valence-corrected chi connectivity index (χ0v) is 17.0. The molecule has 0 saturated carbocycles. The average Bonchev–Trinajstić information content (AvgIpc) is 2.61. The zero-order valence-electron chi connectivity index (χ0n) is 16.2. The summed E-state index contributed by atoms with van der Waals surface area (Å²) in [5, 5.41) is 15.1. The molecule has 3 unspecified atom stereocenters. The molecule has 0 aliphatic heterocycles. The van der Waals surface area contributed by atoms with E-state index in [2.05, 4.69) is 10.6 Å². The van der Waals surface area contributed by atoms with Gasteiger partial charge in [-0.05, 0) is 58.0 Å². The number of benzene rings is 1. The largest absolute Gasteiger partial charge is 0.399 e. The van der Waals surface area contributed by atoms with E-state index in [-0.39, 0.29) is 44.5 Å². The van der Waals surface area contributed by atoms with Crippen molar-refractivity contribution in [1.29, 1.82) is 0 Å². The Morgan fingerprint density at radius 3 is 2.48 bits per heavy atom. The fourth-order valence-electron chi connectivity index (χ4n) is 2.72. The van der Waals surface area contributed by atoms with Crippen LogP contribution in [-0.2, 0) is 15.8 Å². The van der Waals surface area contributed by atoms with Crippen molar-refractivity contribution in [3.8, 4) is 0 Å². The monoisotopic (exact) mass is 402 g/mol. The lowest BCUT2D eigenvalue weighted by molar-refractivity contribution is -0.120. The number of alkyl halides is 1. The molecule has 1 aromatic carbocycles. The minimum Gasteiger partial charge on any atom is -0.399 e. The highest BCUT2D eigenvalue weighted by molar-refractivity contribution is 7.82. The summed E-state index contributed by atoms with van der Waals surface area (Å²) in [6.07, 6.45) is -1.08. The van der Waals surface area contributed by atoms with Gasteiger partial charge in [0.1, 0.15) is 17.2 Å². The summed E-state index contributed by atoms with van der Waals surface area (Å²) >= 11 is 0. The molecule has 1 aromatic rings. The van der Waals surface area contributed by atoms with Gasteiger partial charge in [0, 0.05) is 24.3 Å². The van der Waals surface area contributed by atoms with E-state index >= 15 is 0 Å². The second-order valence-corrected chi connectivity index (χ2v) is 8.00. The van der Waals surface area contributed by atoms with Crippen LogP contribution in [0.5, 0.6) is 0 Å². The fourth-order valence-corrected chi connectivity index (χ4v) is 4.14. The second kappa shape index (κ2) is 12.0. The van der Waals surface area contributed by atoms with Crippen LogP contribution in [0.2, 0.25) is 0 Å². The molecule has 1 rings (SSSR count). The van der Waals surface area contributed by atoms with Crippen LogP contribution < -0.4 is 16.4 Å². The fraction of sp³-hybridized carbons (Fsp3) is 0.611. The number of nitrogen functional groups attached to an aromatic ring is 1. The predicted octanol–water partition coefficient (Wildman–Crippen LogP) is 0.817. The number of hydrogen-bond donors (Lipinski definition) is 4. The molecule has 27 heavy (non-hydrogen) atoms. The van der Waals surface area contributed by atoms with Crippen molar-refractivity contribution in [1.82, 2.24) is 14.9 Å². The van der Waals surface area contributed by atoms with E-state index in [1.807, 2.05) is 13.8 Å². The number of carbonyl (C=O) groups is 1. The van der Waals surface area contributed by atoms with Gasteiger partial charge in [-0.15, -0.1) is 0 Å². The van der Waals surface area contributed by atoms with Crippen molar-refractivity contribution >= 4 is 22.6 Å². The SMILES string of the molecule is CNCC(=O)NCCC(F)CC(CO)N(C(C)C)S(=O)c1ccc(N)cc1. The van der Waals surface area contributed by atoms with Crippen molar-refractivity contribution in [2.75, 3.05) is 32.5 Å². The number of halogens is 1. The third kappa shape index (κ3) is 7.92. The first-order valence-corrected chi connectivity index (χ1v) is 10.1. The molecule has 0 aliphatic rings. The number of aliphatic hydroxyl groups excluding tert-OH is 1. The third-order valence-electron chi connectivity index (χ3n) is 4.00. The molecule has 1 amide bonds. The number of hydrogen-bond acceptors (Lipinski definition) is 5. The minimum absolute atomic E-state index is 0.0251. The van der Waals surface area contributed by atoms with Crippen LogP contribution in [0.25, 0.3) is 0 Å². The highest BCUT2D eigenvalue weighted by Crippen LogP contribution is 2.22. The number of amides is 1. The molecule has 0 radical (unpaired) electrons. The summed E-state index contributed by atoms with van der Waals surface area (Å²) < 4.78 is 29.0. The quantitative estimate of drug-likeness (QED) is 0.387. The molecule has 0 heterocycles. The van der Waals surface area contributed by atoms with Crippen molar-refractivity contribution in [3.63, 3.8) is 0 Å². The Morgan fingerprint density at radius 2 is 1.96 bits per heavy atom. The van der Waals surface area contributed by atoms with E-state index in [1.54, 1.807) is 35.6 Å². The van der Waals surface area contributed by atoms with E-state index in [4.69, 9.17) is 5.73 Å². The number of nitrogens with two attached hydrogens (primary N) is 1. The number of nitrogens with zero attached hydrogens (tertiary/aromatic N) is 1. The van der Waals surface area contributed by atoms with Crippen molar-refractivity contribution in [2.24, 2.45) is 0 Å². The Labute approximate surface area is 163 Å². The summed E-state index contributed by atoms with van der Waals surface area (Å²) in [4.78, 5) is 11.9. The van der Waals surface area contributed by atoms with E-state index in [1.165, 1.54) is 0 Å². The summed E-state index contributed by atoms with van der Waals surface area (Å²) in [6, 6.07) is 5.88. The maximum atomic E-state index is 14.4. The Balaban J connectivity index is 2.72. The van der Waals surface area contributed by atoms with Crippen molar-refractivity contribution in [3.05, 3.63) is 24.3 Å². The molecule has 0 aromatic heterocycles. The lowest BCUT2D eigenvalue weighted by Crippen LogP contribution is -2.45. The van der Waals surface area contributed by atoms with Gasteiger partial charge in [-0.2, -0.15) is 0 Å². The van der Waals surface area contributed by atoms with Gasteiger partial charge < -0.3 is 21.5 Å². The summed E-state index contributed by atoms with van der Waals surface area (Å²) in [6.45, 7) is 3.78. The highest BCUT2D eigenvalue weighted by atomic mass is 32.2. The normalized spacial score (nSPS) is 14.9. The van der Waals surface area contributed by atoms with E-state index in [9.17, 15) is 18.5 Å². The second-order valence-electron chi connectivity index (χ2n) is 6.61. The van der Waals surface area contributed by atoms with Crippen LogP contribution in [0.15, 0.2) is 29.2 Å². The lowest BCUT2D eigenvalue weighted by Gasteiger charge is -2.33. The van der Waals surface area contributed by atoms with Gasteiger partial charge in [0.25, 0.3) is 0 Å². The van der Waals surface area contributed by atoms with Crippen molar-refractivity contribution < 1.29 is 18.5 Å². The van der Waals surface area contributed by atoms with Crippen LogP contribution in [0, 0.1) is 0 Å². The molecule has 7 nitrogen and oxygen atoms in total. The van der Waals surface area contributed by atoms with Gasteiger partial charge in [0.2, 0.25) is 5.91 Å². The first-order chi connectivity index (χ1) is 12.8. The molecule has 0 aliphatic carbocycles. The number of carbonyl (C=O) groups excluding carboxylic acids is 1. The Bertz CT molecular complexity index is 601. The molecular formula is C18H31FN4O3S. The number of rotatable bonds is 12. The van der Waals surface area contributed by atoms with Crippen molar-refractivity contribution in [2.45, 2.75) is 49.8 Å². The zero-order chi connectivity index (χ0) is 20.4.